The van der Waals surface area contributed by atoms with Crippen molar-refractivity contribution in [1.29, 1.82) is 0 Å². The number of nitrogens with two attached hydrogens (primary N) is 2. The van der Waals surface area contributed by atoms with Gasteiger partial charge in [-0.3, -0.25) is 14.9 Å². The van der Waals surface area contributed by atoms with Crippen molar-refractivity contribution in [2.75, 3.05) is 6.61 Å². The van der Waals surface area contributed by atoms with Crippen molar-refractivity contribution in [2.45, 2.75) is 26.3 Å². The molecule has 0 aliphatic rings. The van der Waals surface area contributed by atoms with Gasteiger partial charge in [-0.1, -0.05) is 6.07 Å². The molecule has 0 aliphatic heterocycles. The lowest BCUT2D eigenvalue weighted by atomic mass is 10.1. The molecule has 0 bridgehead atoms. The van der Waals surface area contributed by atoms with E-state index in [1.54, 1.807) is 19.9 Å². The largest absolute Gasteiger partial charge is 0.487 e. The highest BCUT2D eigenvalue weighted by Gasteiger charge is 2.19. The fraction of sp³-hybridized carbons (Fsp3) is 0.417. The first-order chi connectivity index (χ1) is 8.82. The van der Waals surface area contributed by atoms with Crippen molar-refractivity contribution in [3.63, 3.8) is 0 Å². The number of hydrogen-bond acceptors (Lipinski definition) is 5. The third-order valence-corrected chi connectivity index (χ3v) is 2.64. The molecule has 7 heteroatoms. The Kier molecular flexibility index (Phi) is 4.82. The van der Waals surface area contributed by atoms with E-state index >= 15 is 0 Å². The molecular formula is C12H17N3O4. The SMILES string of the molecule is Cc1cc(C)c(OCCC(N)C(N)=O)c([N+](=O)[O-])c1. The van der Waals surface area contributed by atoms with Gasteiger partial charge in [0.1, 0.15) is 0 Å². The summed E-state index contributed by atoms with van der Waals surface area (Å²) in [5.41, 5.74) is 11.8. The molecule has 0 fully saturated rings. The Hall–Kier alpha value is -2.15. The lowest BCUT2D eigenvalue weighted by molar-refractivity contribution is -0.386. The van der Waals surface area contributed by atoms with Gasteiger partial charge in [-0.25, -0.2) is 0 Å². The third-order valence-electron chi connectivity index (χ3n) is 2.64. The van der Waals surface area contributed by atoms with Crippen LogP contribution in [-0.2, 0) is 4.79 Å². The van der Waals surface area contributed by atoms with Crippen LogP contribution in [0.1, 0.15) is 17.5 Å². The second kappa shape index (κ2) is 6.14. The standard InChI is InChI=1S/C12H17N3O4/c1-7-5-8(2)11(10(6-7)15(17)18)19-4-3-9(13)12(14)16/h5-6,9H,3-4,13H2,1-2H3,(H2,14,16). The van der Waals surface area contributed by atoms with E-state index in [4.69, 9.17) is 16.2 Å². The summed E-state index contributed by atoms with van der Waals surface area (Å²) in [5, 5.41) is 11.0. The van der Waals surface area contributed by atoms with Crippen LogP contribution in [0.25, 0.3) is 0 Å². The fourth-order valence-electron chi connectivity index (χ4n) is 1.69. The molecule has 0 saturated carbocycles. The summed E-state index contributed by atoms with van der Waals surface area (Å²) < 4.78 is 5.38. The van der Waals surface area contributed by atoms with E-state index in [1.807, 2.05) is 0 Å². The zero-order valence-corrected chi connectivity index (χ0v) is 10.9. The molecule has 1 unspecified atom stereocenters. The number of primary amides is 1. The van der Waals surface area contributed by atoms with E-state index in [0.29, 0.717) is 5.56 Å². The molecule has 1 aromatic carbocycles. The Morgan fingerprint density at radius 3 is 2.63 bits per heavy atom. The van der Waals surface area contributed by atoms with Gasteiger partial charge in [-0.15, -0.1) is 0 Å². The number of carbonyl (C=O) groups is 1. The maximum atomic E-state index is 11.0. The van der Waals surface area contributed by atoms with Crippen LogP contribution in [0.3, 0.4) is 0 Å². The first-order valence-electron chi connectivity index (χ1n) is 5.76. The number of rotatable bonds is 6. The molecule has 0 spiro atoms. The van der Waals surface area contributed by atoms with Gasteiger partial charge in [-0.05, 0) is 25.0 Å². The topological polar surface area (TPSA) is 121 Å². The molecule has 0 aliphatic carbocycles. The summed E-state index contributed by atoms with van der Waals surface area (Å²) >= 11 is 0. The van der Waals surface area contributed by atoms with Crippen LogP contribution in [0.5, 0.6) is 5.75 Å². The van der Waals surface area contributed by atoms with Crippen molar-refractivity contribution >= 4 is 11.6 Å². The number of carbonyl (C=O) groups excluding carboxylic acids is 1. The van der Waals surface area contributed by atoms with Crippen molar-refractivity contribution < 1.29 is 14.5 Å². The van der Waals surface area contributed by atoms with Gasteiger partial charge in [0.05, 0.1) is 17.6 Å². The highest BCUT2D eigenvalue weighted by Crippen LogP contribution is 2.32. The average molecular weight is 267 g/mol. The normalized spacial score (nSPS) is 11.9. The zero-order chi connectivity index (χ0) is 14.6. The first kappa shape index (κ1) is 14.9. The lowest BCUT2D eigenvalue weighted by Crippen LogP contribution is -2.37. The number of aryl methyl sites for hydroxylation is 2. The van der Waals surface area contributed by atoms with Gasteiger partial charge in [0.15, 0.2) is 5.75 Å². The van der Waals surface area contributed by atoms with E-state index in [2.05, 4.69) is 0 Å². The highest BCUT2D eigenvalue weighted by atomic mass is 16.6. The van der Waals surface area contributed by atoms with E-state index in [9.17, 15) is 14.9 Å². The summed E-state index contributed by atoms with van der Waals surface area (Å²) in [5.74, 6) is -0.425. The Morgan fingerprint density at radius 2 is 2.11 bits per heavy atom. The van der Waals surface area contributed by atoms with Gasteiger partial charge in [0.2, 0.25) is 5.91 Å². The van der Waals surface area contributed by atoms with Crippen LogP contribution >= 0.6 is 0 Å². The molecule has 4 N–H and O–H groups in total. The molecule has 0 heterocycles. The minimum absolute atomic E-state index is 0.0921. The molecule has 7 nitrogen and oxygen atoms in total. The molecule has 19 heavy (non-hydrogen) atoms. The van der Waals surface area contributed by atoms with Gasteiger partial charge in [-0.2, -0.15) is 0 Å². The molecule has 0 aromatic heterocycles. The lowest BCUT2D eigenvalue weighted by Gasteiger charge is -2.12. The van der Waals surface area contributed by atoms with E-state index in [-0.39, 0.29) is 24.5 Å². The average Bonchev–Trinajstić information content (AvgIpc) is 2.30. The maximum Gasteiger partial charge on any atom is 0.311 e. The van der Waals surface area contributed by atoms with Gasteiger partial charge < -0.3 is 16.2 Å². The quantitative estimate of drug-likeness (QED) is 0.583. The minimum atomic E-state index is -0.815. The monoisotopic (exact) mass is 267 g/mol. The number of hydrogen-bond donors (Lipinski definition) is 2. The smallest absolute Gasteiger partial charge is 0.311 e. The predicted octanol–water partition coefficient (Wildman–Crippen LogP) is 0.793. The van der Waals surface area contributed by atoms with Crippen LogP contribution in [0.15, 0.2) is 12.1 Å². The van der Waals surface area contributed by atoms with Gasteiger partial charge in [0.25, 0.3) is 0 Å². The molecule has 104 valence electrons. The number of nitrogens with zero attached hydrogens (tertiary/aromatic N) is 1. The number of benzene rings is 1. The van der Waals surface area contributed by atoms with Crippen LogP contribution < -0.4 is 16.2 Å². The summed E-state index contributed by atoms with van der Waals surface area (Å²) in [7, 11) is 0. The molecule has 0 radical (unpaired) electrons. The Labute approximate surface area is 110 Å². The second-order valence-electron chi connectivity index (χ2n) is 4.33. The summed E-state index contributed by atoms with van der Waals surface area (Å²) in [6.07, 6.45) is 0.208. The van der Waals surface area contributed by atoms with E-state index < -0.39 is 16.9 Å². The third kappa shape index (κ3) is 3.92. The molecule has 1 aromatic rings. The predicted molar refractivity (Wildman–Crippen MR) is 69.9 cm³/mol. The fourth-order valence-corrected chi connectivity index (χ4v) is 1.69. The Balaban J connectivity index is 2.83. The molecular weight excluding hydrogens is 250 g/mol. The molecule has 1 amide bonds. The van der Waals surface area contributed by atoms with Crippen LogP contribution in [0.4, 0.5) is 5.69 Å². The summed E-state index contributed by atoms with van der Waals surface area (Å²) in [4.78, 5) is 21.2. The zero-order valence-electron chi connectivity index (χ0n) is 10.9. The van der Waals surface area contributed by atoms with Crippen molar-refractivity contribution in [3.8, 4) is 5.75 Å². The van der Waals surface area contributed by atoms with Crippen molar-refractivity contribution in [1.82, 2.24) is 0 Å². The van der Waals surface area contributed by atoms with E-state index in [1.165, 1.54) is 6.07 Å². The number of nitro groups is 1. The van der Waals surface area contributed by atoms with Crippen molar-refractivity contribution in [3.05, 3.63) is 33.4 Å². The first-order valence-corrected chi connectivity index (χ1v) is 5.76. The Bertz CT molecular complexity index is 502. The van der Waals surface area contributed by atoms with Crippen LogP contribution in [0.2, 0.25) is 0 Å². The maximum absolute atomic E-state index is 11.0. The Morgan fingerprint density at radius 1 is 1.47 bits per heavy atom. The molecule has 1 rings (SSSR count). The van der Waals surface area contributed by atoms with E-state index in [0.717, 1.165) is 5.56 Å². The number of ether oxygens (including phenoxy) is 1. The van der Waals surface area contributed by atoms with Crippen LogP contribution in [0, 0.1) is 24.0 Å². The van der Waals surface area contributed by atoms with Crippen LogP contribution in [-0.4, -0.2) is 23.5 Å². The number of nitro benzene ring substituents is 1. The summed E-state index contributed by atoms with van der Waals surface area (Å²) in [6.45, 7) is 3.59. The van der Waals surface area contributed by atoms with Gasteiger partial charge >= 0.3 is 5.69 Å². The molecule has 0 saturated heterocycles. The number of amides is 1. The summed E-state index contributed by atoms with van der Waals surface area (Å²) in [6, 6.07) is 2.41. The van der Waals surface area contributed by atoms with Crippen molar-refractivity contribution in [2.24, 2.45) is 11.5 Å². The molecule has 1 atom stereocenters. The highest BCUT2D eigenvalue weighted by molar-refractivity contribution is 5.79. The minimum Gasteiger partial charge on any atom is -0.487 e. The second-order valence-corrected chi connectivity index (χ2v) is 4.33. The van der Waals surface area contributed by atoms with Gasteiger partial charge in [0, 0.05) is 12.5 Å².